The number of hydrogen-bond donors (Lipinski definition) is 1. The lowest BCUT2D eigenvalue weighted by atomic mass is 10.3. The number of benzene rings is 1. The van der Waals surface area contributed by atoms with Crippen molar-refractivity contribution in [2.24, 2.45) is 4.99 Å². The van der Waals surface area contributed by atoms with Gasteiger partial charge in [0.2, 0.25) is 6.08 Å². The minimum atomic E-state index is -0.438. The Morgan fingerprint density at radius 1 is 1.50 bits per heavy atom. The first-order chi connectivity index (χ1) is 6.50. The van der Waals surface area contributed by atoms with E-state index in [1.807, 2.05) is 0 Å². The maximum atomic E-state index is 9.97. The average Bonchev–Trinajstić information content (AvgIpc) is 2.19. The molecular weight excluding hydrogens is 128 g/mol. The molecule has 1 aromatic rings. The highest BCUT2D eigenvalue weighted by molar-refractivity contribution is 5.52. The van der Waals surface area contributed by atoms with Gasteiger partial charge in [0.25, 0.3) is 0 Å². The predicted molar refractivity (Wildman–Crippen MR) is 38.6 cm³/mol. The van der Waals surface area contributed by atoms with E-state index in [1.165, 1.54) is 6.08 Å². The van der Waals surface area contributed by atoms with Crippen LogP contribution in [0.25, 0.3) is 0 Å². The molecule has 0 amide bonds. The second-order valence-corrected chi connectivity index (χ2v) is 1.47. The minimum absolute atomic E-state index is 0.259. The zero-order valence-corrected chi connectivity index (χ0v) is 4.93. The van der Waals surface area contributed by atoms with Crippen molar-refractivity contribution < 1.29 is 10.3 Å². The summed E-state index contributed by atoms with van der Waals surface area (Å²) in [5.41, 5.74) is 4.69. The maximum Gasteiger partial charge on any atom is 0.240 e. The number of anilines is 1. The van der Waals surface area contributed by atoms with Crippen LogP contribution < -0.4 is 5.73 Å². The van der Waals surface area contributed by atoms with Crippen molar-refractivity contribution in [1.82, 2.24) is 0 Å². The van der Waals surface area contributed by atoms with Gasteiger partial charge < -0.3 is 5.73 Å². The van der Waals surface area contributed by atoms with E-state index in [2.05, 4.69) is 4.99 Å². The largest absolute Gasteiger partial charge is 0.399 e. The van der Waals surface area contributed by atoms with Crippen LogP contribution in [-0.4, -0.2) is 6.08 Å². The van der Waals surface area contributed by atoms with Gasteiger partial charge in [0, 0.05) is 5.69 Å². The number of isocyanates is 1. The Morgan fingerprint density at radius 3 is 2.60 bits per heavy atom. The first-order valence-electron chi connectivity index (χ1n) is 4.44. The van der Waals surface area contributed by atoms with Gasteiger partial charge in [-0.3, -0.25) is 0 Å². The maximum absolute atomic E-state index is 9.97. The van der Waals surface area contributed by atoms with Gasteiger partial charge in [-0.2, -0.15) is 4.99 Å². The van der Waals surface area contributed by atoms with E-state index < -0.39 is 24.2 Å². The van der Waals surface area contributed by atoms with Crippen molar-refractivity contribution in [2.45, 2.75) is 0 Å². The fourth-order valence-corrected chi connectivity index (χ4v) is 0.417. The molecule has 0 radical (unpaired) electrons. The summed E-state index contributed by atoms with van der Waals surface area (Å²) in [7, 11) is 0. The van der Waals surface area contributed by atoms with Crippen LogP contribution in [0.5, 0.6) is 0 Å². The third kappa shape index (κ3) is 1.44. The molecule has 0 heterocycles. The number of nitrogen functional groups attached to an aromatic ring is 1. The highest BCUT2D eigenvalue weighted by Gasteiger charge is 1.85. The summed E-state index contributed by atoms with van der Waals surface area (Å²) in [6.45, 7) is 0. The summed E-state index contributed by atoms with van der Waals surface area (Å²) < 4.78 is 29.3. The number of hydrogen-bond acceptors (Lipinski definition) is 3. The number of nitrogens with two attached hydrogens (primary N) is 1. The molecule has 0 unspecified atom stereocenters. The number of rotatable bonds is 1. The highest BCUT2D eigenvalue weighted by Crippen LogP contribution is 2.12. The van der Waals surface area contributed by atoms with Crippen molar-refractivity contribution >= 4 is 17.5 Å². The van der Waals surface area contributed by atoms with Crippen molar-refractivity contribution in [3.63, 3.8) is 0 Å². The van der Waals surface area contributed by atoms with E-state index >= 15 is 0 Å². The van der Waals surface area contributed by atoms with Gasteiger partial charge in [0.05, 0.1) is 11.2 Å². The number of carbonyl (C=O) groups excluding carboxylic acids is 1. The molecule has 0 aliphatic heterocycles. The van der Waals surface area contributed by atoms with Gasteiger partial charge >= 0.3 is 0 Å². The van der Waals surface area contributed by atoms with Crippen molar-refractivity contribution in [3.05, 3.63) is 24.2 Å². The highest BCUT2D eigenvalue weighted by atomic mass is 16.1. The van der Waals surface area contributed by atoms with E-state index in [-0.39, 0.29) is 11.4 Å². The molecule has 3 nitrogen and oxygen atoms in total. The molecule has 50 valence electrons. The molecule has 0 spiro atoms. The Balaban J connectivity index is 3.67. The van der Waals surface area contributed by atoms with E-state index in [1.54, 1.807) is 0 Å². The fourth-order valence-electron chi connectivity index (χ4n) is 0.417. The number of aliphatic imine (C=N–C) groups is 1. The Hall–Kier alpha value is -1.60. The topological polar surface area (TPSA) is 55.5 Å². The second kappa shape index (κ2) is 2.80. The van der Waals surface area contributed by atoms with Crippen LogP contribution in [-0.2, 0) is 4.79 Å². The predicted octanol–water partition coefficient (Wildman–Crippen LogP) is 1.24. The summed E-state index contributed by atoms with van der Waals surface area (Å²) in [6, 6.07) is -1.68. The Bertz CT molecular complexity index is 411. The van der Waals surface area contributed by atoms with E-state index in [0.29, 0.717) is 0 Å². The lowest BCUT2D eigenvalue weighted by Crippen LogP contribution is -1.80. The Morgan fingerprint density at radius 2 is 2.10 bits per heavy atom. The monoisotopic (exact) mass is 142 g/mol. The third-order valence-corrected chi connectivity index (χ3v) is 0.789. The molecular formula is C7H6N2O. The standard InChI is InChI=1S/C7H6N2O/c8-6-1-3-7(4-2-6)9-5-10/h1-4H,8H2/i1T,2T,3T,4T. The zero-order valence-electron chi connectivity index (χ0n) is 8.93. The molecule has 0 bridgehead atoms. The Kier molecular flexibility index (Phi) is 0.838. The summed E-state index contributed by atoms with van der Waals surface area (Å²) in [6.07, 6.45) is 1.17. The number of nitrogens with zero attached hydrogens (tertiary/aromatic N) is 1. The molecule has 3 heteroatoms. The summed E-state index contributed by atoms with van der Waals surface area (Å²) in [5.74, 6) is 0. The molecule has 0 atom stereocenters. The lowest BCUT2D eigenvalue weighted by Gasteiger charge is -1.90. The molecule has 1 aromatic carbocycles. The molecule has 0 aromatic heterocycles. The first-order valence-corrected chi connectivity index (χ1v) is 2.44. The smallest absolute Gasteiger partial charge is 0.240 e. The molecule has 10 heavy (non-hydrogen) atoms. The van der Waals surface area contributed by atoms with Gasteiger partial charge in [0.1, 0.15) is 0 Å². The van der Waals surface area contributed by atoms with E-state index in [9.17, 15) is 4.79 Å². The Labute approximate surface area is 63.8 Å². The SMILES string of the molecule is [3H]c1c([3H])c(N=C=O)c([3H])c([3H])c1N. The summed E-state index contributed by atoms with van der Waals surface area (Å²) in [5, 5.41) is 0. The third-order valence-electron chi connectivity index (χ3n) is 0.789. The van der Waals surface area contributed by atoms with Crippen LogP contribution in [0.1, 0.15) is 5.48 Å². The molecule has 0 saturated carbocycles. The zero-order chi connectivity index (χ0) is 10.9. The van der Waals surface area contributed by atoms with Gasteiger partial charge in [-0.1, -0.05) is 0 Å². The quantitative estimate of drug-likeness (QED) is 0.364. The van der Waals surface area contributed by atoms with Crippen LogP contribution in [0.4, 0.5) is 11.4 Å². The first kappa shape index (κ1) is 2.99. The van der Waals surface area contributed by atoms with Crippen LogP contribution >= 0.6 is 0 Å². The molecule has 0 saturated heterocycles. The van der Waals surface area contributed by atoms with Crippen LogP contribution in [0.2, 0.25) is 0 Å². The second-order valence-electron chi connectivity index (χ2n) is 1.47. The van der Waals surface area contributed by atoms with Gasteiger partial charge in [0.15, 0.2) is 0 Å². The molecule has 2 N–H and O–H groups in total. The van der Waals surface area contributed by atoms with Crippen molar-refractivity contribution in [3.8, 4) is 0 Å². The normalized spacial score (nSPS) is 14.0. The molecule has 0 fully saturated rings. The summed E-state index contributed by atoms with van der Waals surface area (Å²) >= 11 is 0. The molecule has 0 aliphatic rings. The fraction of sp³-hybridized carbons (Fsp3) is 0. The molecule has 1 rings (SSSR count). The van der Waals surface area contributed by atoms with Gasteiger partial charge in [-0.15, -0.1) is 0 Å². The van der Waals surface area contributed by atoms with Gasteiger partial charge in [-0.05, 0) is 24.2 Å². The van der Waals surface area contributed by atoms with Crippen molar-refractivity contribution in [2.75, 3.05) is 5.73 Å². The summed E-state index contributed by atoms with van der Waals surface area (Å²) in [4.78, 5) is 13.1. The van der Waals surface area contributed by atoms with Crippen LogP contribution in [0.15, 0.2) is 29.2 Å². The van der Waals surface area contributed by atoms with Crippen molar-refractivity contribution in [1.29, 1.82) is 0 Å². The van der Waals surface area contributed by atoms with E-state index in [0.717, 1.165) is 0 Å². The van der Waals surface area contributed by atoms with Crippen LogP contribution in [0, 0.1) is 0 Å². The van der Waals surface area contributed by atoms with Crippen LogP contribution in [0.3, 0.4) is 0 Å². The molecule has 0 aliphatic carbocycles. The van der Waals surface area contributed by atoms with Gasteiger partial charge in [-0.25, -0.2) is 4.79 Å². The lowest BCUT2D eigenvalue weighted by molar-refractivity contribution is 0.565. The van der Waals surface area contributed by atoms with E-state index in [4.69, 9.17) is 11.2 Å². The average molecular weight is 142 g/mol. The minimum Gasteiger partial charge on any atom is -0.399 e.